The Balaban J connectivity index is 1.90. The quantitative estimate of drug-likeness (QED) is 0.641. The number of hydrogen-bond acceptors (Lipinski definition) is 6. The molecule has 0 aromatic heterocycles. The molecule has 0 atom stereocenters. The Morgan fingerprint density at radius 1 is 1.26 bits per heavy atom. The summed E-state index contributed by atoms with van der Waals surface area (Å²) in [6.45, 7) is 9.21. The van der Waals surface area contributed by atoms with Gasteiger partial charge in [-0.15, -0.1) is 0 Å². The molecule has 2 rings (SSSR count). The minimum absolute atomic E-state index is 0.135. The Hall–Kier alpha value is -1.83. The van der Waals surface area contributed by atoms with E-state index < -0.39 is 5.54 Å². The van der Waals surface area contributed by atoms with Crippen LogP contribution in [0.1, 0.15) is 32.3 Å². The van der Waals surface area contributed by atoms with Crippen LogP contribution in [-0.2, 0) is 16.1 Å². The second kappa shape index (κ2) is 10.5. The molecule has 0 unspecified atom stereocenters. The maximum atomic E-state index is 12.4. The molecule has 0 saturated carbocycles. The molecule has 1 fully saturated rings. The van der Waals surface area contributed by atoms with Gasteiger partial charge in [-0.25, -0.2) is 0 Å². The average Bonchev–Trinajstić information content (AvgIpc) is 2.70. The summed E-state index contributed by atoms with van der Waals surface area (Å²) in [6, 6.07) is 5.71. The van der Waals surface area contributed by atoms with Crippen molar-refractivity contribution in [3.8, 4) is 11.5 Å². The van der Waals surface area contributed by atoms with E-state index in [1.165, 1.54) is 0 Å². The van der Waals surface area contributed by atoms with Gasteiger partial charge in [-0.3, -0.25) is 4.79 Å². The number of methoxy groups -OCH3 is 1. The fourth-order valence-corrected chi connectivity index (χ4v) is 3.09. The van der Waals surface area contributed by atoms with E-state index in [0.29, 0.717) is 50.7 Å². The van der Waals surface area contributed by atoms with Crippen LogP contribution in [0.3, 0.4) is 0 Å². The first-order chi connectivity index (χ1) is 13.0. The zero-order chi connectivity index (χ0) is 19.7. The Bertz CT molecular complexity index is 599. The molecule has 3 N–H and O–H groups in total. The summed E-state index contributed by atoms with van der Waals surface area (Å²) in [4.78, 5) is 14.7. The highest BCUT2D eigenvalue weighted by Crippen LogP contribution is 2.28. The lowest BCUT2D eigenvalue weighted by Crippen LogP contribution is -2.56. The lowest BCUT2D eigenvalue weighted by atomic mass is 9.90. The summed E-state index contributed by atoms with van der Waals surface area (Å²) in [5, 5.41) is 2.93. The second-order valence-electron chi connectivity index (χ2n) is 6.81. The molecule has 1 aliphatic heterocycles. The topological polar surface area (TPSA) is 86.1 Å². The third kappa shape index (κ3) is 6.09. The molecule has 0 bridgehead atoms. The predicted octanol–water partition coefficient (Wildman–Crippen LogP) is 1.54. The van der Waals surface area contributed by atoms with E-state index in [-0.39, 0.29) is 5.91 Å². The fourth-order valence-electron chi connectivity index (χ4n) is 3.09. The monoisotopic (exact) mass is 379 g/mol. The number of benzene rings is 1. The zero-order valence-corrected chi connectivity index (χ0v) is 16.8. The van der Waals surface area contributed by atoms with Gasteiger partial charge in [-0.05, 0) is 43.6 Å². The van der Waals surface area contributed by atoms with Crippen molar-refractivity contribution in [3.63, 3.8) is 0 Å². The molecule has 27 heavy (non-hydrogen) atoms. The number of nitrogens with one attached hydrogen (secondary N) is 1. The number of rotatable bonds is 10. The number of likely N-dealkylation sites (N-methyl/N-ethyl adjacent to an activating group) is 1. The molecule has 7 nitrogen and oxygen atoms in total. The highest BCUT2D eigenvalue weighted by molar-refractivity contribution is 5.86. The van der Waals surface area contributed by atoms with Gasteiger partial charge >= 0.3 is 0 Å². The van der Waals surface area contributed by atoms with Gasteiger partial charge in [0.15, 0.2) is 11.5 Å². The third-order valence-corrected chi connectivity index (χ3v) is 5.08. The molecular formula is C20H33N3O4. The van der Waals surface area contributed by atoms with Crippen LogP contribution in [0.25, 0.3) is 0 Å². The summed E-state index contributed by atoms with van der Waals surface area (Å²) in [6.07, 6.45) is 1.09. The van der Waals surface area contributed by atoms with Crippen molar-refractivity contribution in [2.45, 2.75) is 38.8 Å². The standard InChI is InChI=1S/C20H33N3O4/c1-4-23(5-2)10-13-27-17-7-6-16(14-18(17)25-3)15-22-19(24)20(21)8-11-26-12-9-20/h6-7,14H,4-5,8-13,15,21H2,1-3H3,(H,22,24). The molecule has 1 heterocycles. The Morgan fingerprint density at radius 3 is 2.59 bits per heavy atom. The van der Waals surface area contributed by atoms with E-state index in [4.69, 9.17) is 19.9 Å². The number of ether oxygens (including phenoxy) is 3. The van der Waals surface area contributed by atoms with E-state index in [0.717, 1.165) is 25.2 Å². The number of amides is 1. The van der Waals surface area contributed by atoms with E-state index in [1.807, 2.05) is 18.2 Å². The molecule has 0 spiro atoms. The third-order valence-electron chi connectivity index (χ3n) is 5.08. The lowest BCUT2D eigenvalue weighted by Gasteiger charge is -2.31. The van der Waals surface area contributed by atoms with E-state index >= 15 is 0 Å². The van der Waals surface area contributed by atoms with Gasteiger partial charge in [0.05, 0.1) is 12.6 Å². The number of nitrogens with two attached hydrogens (primary N) is 1. The van der Waals surface area contributed by atoms with Crippen LogP contribution >= 0.6 is 0 Å². The summed E-state index contributed by atoms with van der Waals surface area (Å²) in [7, 11) is 1.62. The molecular weight excluding hydrogens is 346 g/mol. The number of hydrogen-bond donors (Lipinski definition) is 2. The Morgan fingerprint density at radius 2 is 1.96 bits per heavy atom. The molecule has 1 aromatic rings. The maximum Gasteiger partial charge on any atom is 0.240 e. The van der Waals surface area contributed by atoms with Crippen LogP contribution in [0.15, 0.2) is 18.2 Å². The SMILES string of the molecule is CCN(CC)CCOc1ccc(CNC(=O)C2(N)CCOCC2)cc1OC. The molecule has 0 radical (unpaired) electrons. The van der Waals surface area contributed by atoms with Crippen molar-refractivity contribution in [3.05, 3.63) is 23.8 Å². The molecule has 1 amide bonds. The molecule has 7 heteroatoms. The smallest absolute Gasteiger partial charge is 0.240 e. The van der Waals surface area contributed by atoms with Gasteiger partial charge in [-0.2, -0.15) is 0 Å². The Kier molecular flexibility index (Phi) is 8.34. The summed E-state index contributed by atoms with van der Waals surface area (Å²) in [5.74, 6) is 1.23. The van der Waals surface area contributed by atoms with Crippen molar-refractivity contribution in [1.82, 2.24) is 10.2 Å². The van der Waals surface area contributed by atoms with Crippen LogP contribution in [-0.4, -0.2) is 62.9 Å². The number of carbonyl (C=O) groups excluding carboxylic acids is 1. The molecule has 1 aliphatic rings. The highest BCUT2D eigenvalue weighted by atomic mass is 16.5. The van der Waals surface area contributed by atoms with E-state index in [1.54, 1.807) is 7.11 Å². The van der Waals surface area contributed by atoms with Gasteiger partial charge in [0, 0.05) is 26.3 Å². The highest BCUT2D eigenvalue weighted by Gasteiger charge is 2.35. The van der Waals surface area contributed by atoms with Gasteiger partial charge in [0.25, 0.3) is 0 Å². The summed E-state index contributed by atoms with van der Waals surface area (Å²) >= 11 is 0. The first kappa shape index (κ1) is 21.5. The van der Waals surface area contributed by atoms with E-state index in [9.17, 15) is 4.79 Å². The largest absolute Gasteiger partial charge is 0.493 e. The van der Waals surface area contributed by atoms with Crippen molar-refractivity contribution >= 4 is 5.91 Å². The van der Waals surface area contributed by atoms with Crippen molar-refractivity contribution in [2.24, 2.45) is 5.73 Å². The molecule has 0 aliphatic carbocycles. The second-order valence-corrected chi connectivity index (χ2v) is 6.81. The predicted molar refractivity (Wildman–Crippen MR) is 105 cm³/mol. The minimum Gasteiger partial charge on any atom is -0.493 e. The van der Waals surface area contributed by atoms with Crippen molar-refractivity contribution in [1.29, 1.82) is 0 Å². The van der Waals surface area contributed by atoms with Gasteiger partial charge in [0.2, 0.25) is 5.91 Å². The first-order valence-electron chi connectivity index (χ1n) is 9.69. The zero-order valence-electron chi connectivity index (χ0n) is 16.8. The minimum atomic E-state index is -0.837. The van der Waals surface area contributed by atoms with Crippen LogP contribution in [0, 0.1) is 0 Å². The Labute approximate surface area is 162 Å². The number of carbonyl (C=O) groups is 1. The number of nitrogens with zero attached hydrogens (tertiary/aromatic N) is 1. The van der Waals surface area contributed by atoms with E-state index in [2.05, 4.69) is 24.1 Å². The first-order valence-corrected chi connectivity index (χ1v) is 9.69. The molecule has 1 saturated heterocycles. The van der Waals surface area contributed by atoms with Gasteiger partial charge < -0.3 is 30.2 Å². The maximum absolute atomic E-state index is 12.4. The van der Waals surface area contributed by atoms with Crippen LogP contribution < -0.4 is 20.5 Å². The van der Waals surface area contributed by atoms with Crippen LogP contribution in [0.4, 0.5) is 0 Å². The lowest BCUT2D eigenvalue weighted by molar-refractivity contribution is -0.129. The van der Waals surface area contributed by atoms with Crippen molar-refractivity contribution < 1.29 is 19.0 Å². The van der Waals surface area contributed by atoms with Crippen molar-refractivity contribution in [2.75, 3.05) is 46.6 Å². The summed E-state index contributed by atoms with van der Waals surface area (Å²) < 4.78 is 16.6. The molecule has 152 valence electrons. The van der Waals surface area contributed by atoms with Crippen LogP contribution in [0.2, 0.25) is 0 Å². The van der Waals surface area contributed by atoms with Gasteiger partial charge in [0.1, 0.15) is 6.61 Å². The summed E-state index contributed by atoms with van der Waals surface area (Å²) in [5.41, 5.74) is 6.31. The molecule has 1 aromatic carbocycles. The normalized spacial score (nSPS) is 16.2. The average molecular weight is 380 g/mol. The van der Waals surface area contributed by atoms with Gasteiger partial charge in [-0.1, -0.05) is 19.9 Å². The van der Waals surface area contributed by atoms with Crippen LogP contribution in [0.5, 0.6) is 11.5 Å². The fraction of sp³-hybridized carbons (Fsp3) is 0.650.